The van der Waals surface area contributed by atoms with Crippen molar-refractivity contribution in [2.45, 2.75) is 19.6 Å². The van der Waals surface area contributed by atoms with E-state index in [0.29, 0.717) is 6.54 Å². The fourth-order valence-corrected chi connectivity index (χ4v) is 2.55. The van der Waals surface area contributed by atoms with Crippen LogP contribution in [-0.4, -0.2) is 76.7 Å². The first-order valence-electron chi connectivity index (χ1n) is 7.35. The number of aliphatic hydroxyl groups excluding tert-OH is 1. The number of hydrogen-bond acceptors (Lipinski definition) is 5. The van der Waals surface area contributed by atoms with Gasteiger partial charge in [0, 0.05) is 51.5 Å². The number of aryl methyl sites for hydroxylation is 1. The highest BCUT2D eigenvalue weighted by atomic mass is 16.5. The number of likely N-dealkylation sites (N-methyl/N-ethyl adjacent to an activating group) is 1. The number of morpholine rings is 1. The molecule has 0 amide bonds. The van der Waals surface area contributed by atoms with Crippen LogP contribution >= 0.6 is 0 Å². The number of ether oxygens (including phenoxy) is 1. The zero-order valence-electron chi connectivity index (χ0n) is 12.5. The lowest BCUT2D eigenvalue weighted by Crippen LogP contribution is -2.44. The minimum Gasteiger partial charge on any atom is -0.390 e. The molecule has 6 heteroatoms. The van der Waals surface area contributed by atoms with Gasteiger partial charge >= 0.3 is 0 Å². The highest BCUT2D eigenvalue weighted by Crippen LogP contribution is 2.05. The van der Waals surface area contributed by atoms with Gasteiger partial charge in [0.05, 0.1) is 25.5 Å². The van der Waals surface area contributed by atoms with E-state index in [1.54, 1.807) is 0 Å². The highest BCUT2D eigenvalue weighted by Gasteiger charge is 2.17. The van der Waals surface area contributed by atoms with Gasteiger partial charge in [0.15, 0.2) is 0 Å². The molecule has 1 atom stereocenters. The van der Waals surface area contributed by atoms with Crippen molar-refractivity contribution in [2.24, 2.45) is 7.05 Å². The molecule has 1 aromatic heterocycles. The summed E-state index contributed by atoms with van der Waals surface area (Å²) in [7, 11) is 1.92. The Morgan fingerprint density at radius 1 is 1.45 bits per heavy atom. The van der Waals surface area contributed by atoms with Crippen molar-refractivity contribution in [1.29, 1.82) is 0 Å². The highest BCUT2D eigenvalue weighted by molar-refractivity contribution is 5.03. The molecule has 1 unspecified atom stereocenters. The summed E-state index contributed by atoms with van der Waals surface area (Å²) in [6.45, 7) is 8.71. The van der Waals surface area contributed by atoms with Gasteiger partial charge in [0.2, 0.25) is 0 Å². The third kappa shape index (κ3) is 4.86. The molecule has 1 fully saturated rings. The number of rotatable bonds is 7. The quantitative estimate of drug-likeness (QED) is 0.759. The number of aliphatic hydroxyl groups is 1. The van der Waals surface area contributed by atoms with Gasteiger partial charge in [-0.2, -0.15) is 5.10 Å². The molecule has 114 valence electrons. The lowest BCUT2D eigenvalue weighted by Gasteiger charge is -2.30. The molecule has 0 spiro atoms. The van der Waals surface area contributed by atoms with Crippen molar-refractivity contribution in [1.82, 2.24) is 19.6 Å². The molecule has 2 rings (SSSR count). The number of aromatic nitrogens is 2. The smallest absolute Gasteiger partial charge is 0.0793 e. The first-order valence-corrected chi connectivity index (χ1v) is 7.35. The second-order valence-corrected chi connectivity index (χ2v) is 5.42. The van der Waals surface area contributed by atoms with E-state index in [9.17, 15) is 5.11 Å². The molecule has 0 aromatic carbocycles. The Bertz CT molecular complexity index is 390. The molecular formula is C14H26N4O2. The maximum Gasteiger partial charge on any atom is 0.0793 e. The van der Waals surface area contributed by atoms with Crippen molar-refractivity contribution in [3.63, 3.8) is 0 Å². The normalized spacial score (nSPS) is 18.6. The third-order valence-electron chi connectivity index (χ3n) is 3.65. The van der Waals surface area contributed by atoms with Crippen molar-refractivity contribution in [3.05, 3.63) is 18.0 Å². The van der Waals surface area contributed by atoms with Crippen LogP contribution < -0.4 is 0 Å². The first-order chi connectivity index (χ1) is 9.67. The van der Waals surface area contributed by atoms with Gasteiger partial charge in [0.25, 0.3) is 0 Å². The summed E-state index contributed by atoms with van der Waals surface area (Å²) in [5.41, 5.74) is 1.19. The summed E-state index contributed by atoms with van der Waals surface area (Å²) >= 11 is 0. The molecule has 1 aliphatic heterocycles. The van der Waals surface area contributed by atoms with Crippen molar-refractivity contribution in [2.75, 3.05) is 45.9 Å². The van der Waals surface area contributed by atoms with Gasteiger partial charge in [0.1, 0.15) is 0 Å². The standard InChI is InChI=1S/C14H26N4O2/c1-3-17(10-13-8-15-16(2)9-13)11-14(19)12-18-4-6-20-7-5-18/h8-9,14,19H,3-7,10-12H2,1-2H3. The molecular weight excluding hydrogens is 256 g/mol. The average Bonchev–Trinajstić information content (AvgIpc) is 2.84. The van der Waals surface area contributed by atoms with Crippen LogP contribution in [0.3, 0.4) is 0 Å². The summed E-state index contributed by atoms with van der Waals surface area (Å²) in [6.07, 6.45) is 3.60. The van der Waals surface area contributed by atoms with Gasteiger partial charge in [-0.15, -0.1) is 0 Å². The zero-order chi connectivity index (χ0) is 14.4. The SMILES string of the molecule is CCN(Cc1cnn(C)c1)CC(O)CN1CCOCC1. The van der Waals surface area contributed by atoms with Gasteiger partial charge in [-0.05, 0) is 6.54 Å². The molecule has 0 saturated carbocycles. The fourth-order valence-electron chi connectivity index (χ4n) is 2.55. The first kappa shape index (κ1) is 15.4. The lowest BCUT2D eigenvalue weighted by atomic mass is 10.2. The van der Waals surface area contributed by atoms with Crippen LogP contribution in [0.1, 0.15) is 12.5 Å². The monoisotopic (exact) mass is 282 g/mol. The Labute approximate surface area is 120 Å². The summed E-state index contributed by atoms with van der Waals surface area (Å²) < 4.78 is 7.13. The van der Waals surface area contributed by atoms with E-state index in [-0.39, 0.29) is 6.10 Å². The Kier molecular flexibility index (Phi) is 5.97. The molecule has 0 radical (unpaired) electrons. The van der Waals surface area contributed by atoms with Crippen LogP contribution in [0.2, 0.25) is 0 Å². The average molecular weight is 282 g/mol. The van der Waals surface area contributed by atoms with E-state index < -0.39 is 0 Å². The van der Waals surface area contributed by atoms with Gasteiger partial charge in [-0.3, -0.25) is 14.5 Å². The number of nitrogens with zero attached hydrogens (tertiary/aromatic N) is 4. The molecule has 0 aliphatic carbocycles. The van der Waals surface area contributed by atoms with Crippen molar-refractivity contribution in [3.8, 4) is 0 Å². The molecule has 0 bridgehead atoms. The number of hydrogen-bond donors (Lipinski definition) is 1. The second-order valence-electron chi connectivity index (χ2n) is 5.42. The third-order valence-corrected chi connectivity index (χ3v) is 3.65. The Hall–Kier alpha value is -0.950. The summed E-state index contributed by atoms with van der Waals surface area (Å²) in [6, 6.07) is 0. The topological polar surface area (TPSA) is 53.8 Å². The van der Waals surface area contributed by atoms with E-state index in [1.807, 2.05) is 24.1 Å². The molecule has 1 saturated heterocycles. The molecule has 6 nitrogen and oxygen atoms in total. The predicted molar refractivity (Wildman–Crippen MR) is 77.4 cm³/mol. The zero-order valence-corrected chi connectivity index (χ0v) is 12.5. The Morgan fingerprint density at radius 3 is 2.80 bits per heavy atom. The minimum atomic E-state index is -0.315. The van der Waals surface area contributed by atoms with E-state index in [4.69, 9.17) is 4.74 Å². The lowest BCUT2D eigenvalue weighted by molar-refractivity contribution is 0.00669. The molecule has 20 heavy (non-hydrogen) atoms. The summed E-state index contributed by atoms with van der Waals surface area (Å²) in [5.74, 6) is 0. The molecule has 1 aliphatic rings. The van der Waals surface area contributed by atoms with E-state index in [1.165, 1.54) is 5.56 Å². The maximum absolute atomic E-state index is 10.2. The van der Waals surface area contributed by atoms with E-state index in [0.717, 1.165) is 45.9 Å². The van der Waals surface area contributed by atoms with Crippen LogP contribution in [0.15, 0.2) is 12.4 Å². The molecule has 2 heterocycles. The van der Waals surface area contributed by atoms with Gasteiger partial charge < -0.3 is 9.84 Å². The van der Waals surface area contributed by atoms with Crippen LogP contribution in [0.5, 0.6) is 0 Å². The molecule has 1 N–H and O–H groups in total. The van der Waals surface area contributed by atoms with Gasteiger partial charge in [-0.1, -0.05) is 6.92 Å². The van der Waals surface area contributed by atoms with Crippen molar-refractivity contribution >= 4 is 0 Å². The largest absolute Gasteiger partial charge is 0.390 e. The van der Waals surface area contributed by atoms with E-state index in [2.05, 4.69) is 21.8 Å². The van der Waals surface area contributed by atoms with Crippen molar-refractivity contribution < 1.29 is 9.84 Å². The Balaban J connectivity index is 1.76. The Morgan fingerprint density at radius 2 is 2.20 bits per heavy atom. The summed E-state index contributed by atoms with van der Waals surface area (Å²) in [4.78, 5) is 4.52. The maximum atomic E-state index is 10.2. The number of β-amino-alcohol motifs (C(OH)–C–C–N with tert-alkyl or cyclic N) is 1. The fraction of sp³-hybridized carbons (Fsp3) is 0.786. The minimum absolute atomic E-state index is 0.315. The molecule has 1 aromatic rings. The predicted octanol–water partition coefficient (Wildman–Crippen LogP) is -0.0649. The van der Waals surface area contributed by atoms with Crippen LogP contribution in [0.4, 0.5) is 0 Å². The summed E-state index contributed by atoms with van der Waals surface area (Å²) in [5, 5.41) is 14.4. The van der Waals surface area contributed by atoms with Gasteiger partial charge in [-0.25, -0.2) is 0 Å². The second kappa shape index (κ2) is 7.73. The van der Waals surface area contributed by atoms with Crippen LogP contribution in [0, 0.1) is 0 Å². The van der Waals surface area contributed by atoms with Crippen LogP contribution in [-0.2, 0) is 18.3 Å². The van der Waals surface area contributed by atoms with E-state index >= 15 is 0 Å². The van der Waals surface area contributed by atoms with Crippen LogP contribution in [0.25, 0.3) is 0 Å².